The van der Waals surface area contributed by atoms with E-state index in [9.17, 15) is 9.90 Å². The molecule has 0 bridgehead atoms. The van der Waals surface area contributed by atoms with Crippen LogP contribution in [0.1, 0.15) is 56.0 Å². The molecule has 1 amide bonds. The number of fused-ring (bicyclic) bond motifs is 2. The zero-order valence-corrected chi connectivity index (χ0v) is 18.1. The minimum absolute atomic E-state index is 0.246. The first-order chi connectivity index (χ1) is 14.6. The van der Waals surface area contributed by atoms with Crippen LogP contribution in [0.3, 0.4) is 0 Å². The van der Waals surface area contributed by atoms with E-state index in [0.717, 1.165) is 53.6 Å². The Hall–Kier alpha value is -3.02. The second kappa shape index (κ2) is 9.65. The number of anilines is 1. The van der Waals surface area contributed by atoms with Gasteiger partial charge in [-0.2, -0.15) is 0 Å². The molecule has 1 fully saturated rings. The molecule has 1 aliphatic heterocycles. The maximum absolute atomic E-state index is 12.0. The number of ether oxygens (including phenoxy) is 1. The number of aromatic nitrogens is 1. The van der Waals surface area contributed by atoms with Crippen LogP contribution in [0.4, 0.5) is 10.5 Å². The third kappa shape index (κ3) is 4.42. The number of nitrogens with two attached hydrogens (primary N) is 1. The average Bonchev–Trinajstić information content (AvgIpc) is 2.91. The van der Waals surface area contributed by atoms with E-state index in [1.807, 2.05) is 39.0 Å². The summed E-state index contributed by atoms with van der Waals surface area (Å²) in [5.74, 6) is 0.277. The van der Waals surface area contributed by atoms with E-state index in [2.05, 4.69) is 4.98 Å². The maximum Gasteiger partial charge on any atom is 0.409 e. The van der Waals surface area contributed by atoms with Crippen molar-refractivity contribution in [3.63, 3.8) is 0 Å². The summed E-state index contributed by atoms with van der Waals surface area (Å²) in [6.45, 7) is 7.48. The molecule has 30 heavy (non-hydrogen) atoms. The topological polar surface area (TPSA) is 88.7 Å². The lowest BCUT2D eigenvalue weighted by Crippen LogP contribution is -2.37. The Kier molecular flexibility index (Phi) is 6.98. The number of hydrogen-bond acceptors (Lipinski definition) is 5. The Bertz CT molecular complexity index is 887. The normalized spacial score (nSPS) is 15.4. The predicted molar refractivity (Wildman–Crippen MR) is 119 cm³/mol. The van der Waals surface area contributed by atoms with Crippen LogP contribution in [0.25, 0.3) is 5.57 Å². The minimum atomic E-state index is -0.246. The first-order valence-corrected chi connectivity index (χ1v) is 10.8. The molecule has 0 atom stereocenters. The molecule has 0 radical (unpaired) electrons. The number of benzene rings is 1. The fourth-order valence-electron chi connectivity index (χ4n) is 4.15. The SMILES string of the molecule is CC.CCOC(=O)N1CCC(=C2c3ccc(O)cc3CCc3cc(N)cnc32)CC1. The van der Waals surface area contributed by atoms with Crippen LogP contribution in [0.5, 0.6) is 5.75 Å². The minimum Gasteiger partial charge on any atom is -0.508 e. The first-order valence-electron chi connectivity index (χ1n) is 10.8. The summed E-state index contributed by atoms with van der Waals surface area (Å²) < 4.78 is 5.14. The maximum atomic E-state index is 12.0. The number of carbonyl (C=O) groups is 1. The lowest BCUT2D eigenvalue weighted by Gasteiger charge is -2.29. The second-order valence-electron chi connectivity index (χ2n) is 7.28. The third-order valence-corrected chi connectivity index (χ3v) is 5.49. The van der Waals surface area contributed by atoms with Crippen LogP contribution in [0.2, 0.25) is 0 Å². The van der Waals surface area contributed by atoms with Gasteiger partial charge in [-0.05, 0) is 67.5 Å². The molecule has 0 unspecified atom stereocenters. The Morgan fingerprint density at radius 1 is 1.13 bits per heavy atom. The number of phenolic OH excluding ortho intramolecular Hbond substituents is 1. The molecule has 1 saturated heterocycles. The predicted octanol–water partition coefficient (Wildman–Crippen LogP) is 4.55. The fraction of sp³-hybridized carbons (Fsp3) is 0.417. The molecule has 6 nitrogen and oxygen atoms in total. The summed E-state index contributed by atoms with van der Waals surface area (Å²) in [5, 5.41) is 9.97. The number of amides is 1. The molecule has 2 aromatic rings. The quantitative estimate of drug-likeness (QED) is 0.721. The lowest BCUT2D eigenvalue weighted by atomic mass is 9.88. The van der Waals surface area contributed by atoms with Gasteiger partial charge >= 0.3 is 6.09 Å². The van der Waals surface area contributed by atoms with Crippen LogP contribution in [-0.2, 0) is 17.6 Å². The number of piperidine rings is 1. The van der Waals surface area contributed by atoms with E-state index in [4.69, 9.17) is 10.5 Å². The molecule has 3 N–H and O–H groups in total. The van der Waals surface area contributed by atoms with Gasteiger partial charge in [-0.3, -0.25) is 4.98 Å². The van der Waals surface area contributed by atoms with Gasteiger partial charge in [0.05, 0.1) is 24.2 Å². The number of aromatic hydroxyl groups is 1. The molecule has 6 heteroatoms. The number of pyridine rings is 1. The number of aryl methyl sites for hydroxylation is 2. The van der Waals surface area contributed by atoms with E-state index in [-0.39, 0.29) is 11.8 Å². The number of likely N-dealkylation sites (tertiary alicyclic amines) is 1. The summed E-state index contributed by atoms with van der Waals surface area (Å²) >= 11 is 0. The van der Waals surface area contributed by atoms with Crippen LogP contribution < -0.4 is 5.73 Å². The van der Waals surface area contributed by atoms with Crippen molar-refractivity contribution in [3.05, 3.63) is 58.4 Å². The highest BCUT2D eigenvalue weighted by molar-refractivity contribution is 5.85. The van der Waals surface area contributed by atoms with Gasteiger partial charge in [0.1, 0.15) is 5.75 Å². The van der Waals surface area contributed by atoms with Crippen molar-refractivity contribution in [2.75, 3.05) is 25.4 Å². The molecule has 1 aromatic heterocycles. The summed E-state index contributed by atoms with van der Waals surface area (Å²) in [5.41, 5.74) is 13.4. The highest BCUT2D eigenvalue weighted by Gasteiger charge is 2.27. The Balaban J connectivity index is 0.00000124. The monoisotopic (exact) mass is 409 g/mol. The van der Waals surface area contributed by atoms with Crippen molar-refractivity contribution in [2.45, 2.75) is 46.5 Å². The first kappa shape index (κ1) is 21.7. The molecule has 4 rings (SSSR count). The van der Waals surface area contributed by atoms with Gasteiger partial charge < -0.3 is 20.5 Å². The Morgan fingerprint density at radius 2 is 1.83 bits per heavy atom. The molecular weight excluding hydrogens is 378 g/mol. The Labute approximate surface area is 178 Å². The van der Waals surface area contributed by atoms with Gasteiger partial charge in [0.25, 0.3) is 0 Å². The summed E-state index contributed by atoms with van der Waals surface area (Å²) in [7, 11) is 0. The van der Waals surface area contributed by atoms with Gasteiger partial charge in [0, 0.05) is 18.7 Å². The largest absolute Gasteiger partial charge is 0.508 e. The summed E-state index contributed by atoms with van der Waals surface area (Å²) in [6, 6.07) is 7.56. The van der Waals surface area contributed by atoms with Crippen molar-refractivity contribution >= 4 is 17.4 Å². The number of phenols is 1. The smallest absolute Gasteiger partial charge is 0.409 e. The number of nitrogens with zero attached hydrogens (tertiary/aromatic N) is 2. The second-order valence-corrected chi connectivity index (χ2v) is 7.28. The number of carbonyl (C=O) groups excluding carboxylic acids is 1. The number of hydrogen-bond donors (Lipinski definition) is 2. The van der Waals surface area contributed by atoms with E-state index in [0.29, 0.717) is 25.4 Å². The van der Waals surface area contributed by atoms with E-state index in [1.165, 1.54) is 5.57 Å². The standard InChI is InChI=1S/C22H25N3O3.C2H6/c1-2-28-22(27)25-9-7-14(8-10-25)20-19-6-5-18(26)12-15(19)3-4-16-11-17(23)13-24-21(16)20;1-2/h5-6,11-13,26H,2-4,7-10,23H2,1H3;1-2H3. The molecule has 0 spiro atoms. The van der Waals surface area contributed by atoms with Crippen molar-refractivity contribution in [1.82, 2.24) is 9.88 Å². The van der Waals surface area contributed by atoms with Crippen molar-refractivity contribution in [2.24, 2.45) is 0 Å². The molecule has 0 saturated carbocycles. The highest BCUT2D eigenvalue weighted by atomic mass is 16.6. The molecule has 160 valence electrons. The third-order valence-electron chi connectivity index (χ3n) is 5.49. The zero-order valence-electron chi connectivity index (χ0n) is 18.1. The van der Waals surface area contributed by atoms with E-state index < -0.39 is 0 Å². The average molecular weight is 410 g/mol. The molecule has 2 heterocycles. The molecule has 1 aromatic carbocycles. The highest BCUT2D eigenvalue weighted by Crippen LogP contribution is 2.39. The van der Waals surface area contributed by atoms with E-state index in [1.54, 1.807) is 17.2 Å². The van der Waals surface area contributed by atoms with Gasteiger partial charge in [-0.1, -0.05) is 25.5 Å². The van der Waals surface area contributed by atoms with Gasteiger partial charge in [-0.25, -0.2) is 4.79 Å². The number of nitrogen functional groups attached to an aromatic ring is 1. The summed E-state index contributed by atoms with van der Waals surface area (Å²) in [4.78, 5) is 18.5. The van der Waals surface area contributed by atoms with Crippen LogP contribution in [0, 0.1) is 0 Å². The van der Waals surface area contributed by atoms with Crippen molar-refractivity contribution < 1.29 is 14.6 Å². The molecule has 1 aliphatic carbocycles. The van der Waals surface area contributed by atoms with Crippen molar-refractivity contribution in [1.29, 1.82) is 0 Å². The van der Waals surface area contributed by atoms with Gasteiger partial charge in [-0.15, -0.1) is 0 Å². The zero-order chi connectivity index (χ0) is 21.7. The van der Waals surface area contributed by atoms with E-state index >= 15 is 0 Å². The lowest BCUT2D eigenvalue weighted by molar-refractivity contribution is 0.104. The molecular formula is C24H31N3O3. The molecule has 2 aliphatic rings. The van der Waals surface area contributed by atoms with Gasteiger partial charge in [0.15, 0.2) is 0 Å². The van der Waals surface area contributed by atoms with Crippen LogP contribution >= 0.6 is 0 Å². The van der Waals surface area contributed by atoms with Crippen LogP contribution in [-0.4, -0.2) is 40.8 Å². The van der Waals surface area contributed by atoms with Crippen LogP contribution in [0.15, 0.2) is 36.0 Å². The van der Waals surface area contributed by atoms with Crippen molar-refractivity contribution in [3.8, 4) is 5.75 Å². The Morgan fingerprint density at radius 3 is 2.53 bits per heavy atom. The summed E-state index contributed by atoms with van der Waals surface area (Å²) in [6.07, 6.45) is 4.67. The number of rotatable bonds is 1. The fourth-order valence-corrected chi connectivity index (χ4v) is 4.15. The van der Waals surface area contributed by atoms with Gasteiger partial charge in [0.2, 0.25) is 0 Å².